The van der Waals surface area contributed by atoms with E-state index in [1.807, 2.05) is 6.07 Å². The van der Waals surface area contributed by atoms with Crippen LogP contribution >= 0.6 is 0 Å². The van der Waals surface area contributed by atoms with Crippen molar-refractivity contribution in [3.8, 4) is 11.5 Å². The molecule has 1 aliphatic heterocycles. The Morgan fingerprint density at radius 2 is 1.79 bits per heavy atom. The number of methoxy groups -OCH3 is 2. The van der Waals surface area contributed by atoms with E-state index < -0.39 is 0 Å². The molecule has 1 heterocycles. The molecule has 2 aliphatic rings. The maximum absolute atomic E-state index is 6.42. The molecule has 1 saturated carbocycles. The van der Waals surface area contributed by atoms with Crippen molar-refractivity contribution in [3.63, 3.8) is 0 Å². The van der Waals surface area contributed by atoms with Crippen LogP contribution in [0.25, 0.3) is 0 Å². The Balaban J connectivity index is 1.48. The Labute approximate surface area is 176 Å². The molecule has 29 heavy (non-hydrogen) atoms. The summed E-state index contributed by atoms with van der Waals surface area (Å²) in [7, 11) is 3.35. The number of benzene rings is 1. The van der Waals surface area contributed by atoms with Crippen molar-refractivity contribution in [3.05, 3.63) is 23.8 Å². The fraction of sp³-hybridized carbons (Fsp3) is 0.750. The molecule has 0 spiro atoms. The van der Waals surface area contributed by atoms with Gasteiger partial charge < -0.3 is 18.9 Å². The van der Waals surface area contributed by atoms with E-state index in [0.717, 1.165) is 44.2 Å². The molecule has 0 aromatic heterocycles. The Kier molecular flexibility index (Phi) is 9.09. The molecule has 1 unspecified atom stereocenters. The minimum Gasteiger partial charge on any atom is -0.493 e. The summed E-state index contributed by atoms with van der Waals surface area (Å²) in [5.41, 5.74) is 1.22. The SMILES string of the molecule is CCCCO[C@@H]1CCN(C2CCCC[C@@H]2OCCc2ccc(OC)c(OC)c2)C1. The molecule has 1 aromatic rings. The highest BCUT2D eigenvalue weighted by Crippen LogP contribution is 2.30. The maximum Gasteiger partial charge on any atom is 0.160 e. The van der Waals surface area contributed by atoms with Crippen molar-refractivity contribution in [2.24, 2.45) is 0 Å². The van der Waals surface area contributed by atoms with Gasteiger partial charge in [0, 0.05) is 25.7 Å². The van der Waals surface area contributed by atoms with Crippen molar-refractivity contribution in [1.82, 2.24) is 4.90 Å². The predicted molar refractivity (Wildman–Crippen MR) is 116 cm³/mol. The first-order valence-corrected chi connectivity index (χ1v) is 11.4. The Bertz CT molecular complexity index is 609. The minimum atomic E-state index is 0.346. The highest BCUT2D eigenvalue weighted by molar-refractivity contribution is 5.42. The second-order valence-electron chi connectivity index (χ2n) is 8.33. The average molecular weight is 406 g/mol. The van der Waals surface area contributed by atoms with Crippen LogP contribution in [0.5, 0.6) is 11.5 Å². The van der Waals surface area contributed by atoms with Crippen molar-refractivity contribution in [1.29, 1.82) is 0 Å². The molecule has 5 nitrogen and oxygen atoms in total. The van der Waals surface area contributed by atoms with E-state index in [0.29, 0.717) is 18.2 Å². The van der Waals surface area contributed by atoms with Gasteiger partial charge in [-0.1, -0.05) is 32.3 Å². The summed E-state index contributed by atoms with van der Waals surface area (Å²) in [4.78, 5) is 2.64. The lowest BCUT2D eigenvalue weighted by atomic mass is 9.91. The monoisotopic (exact) mass is 405 g/mol. The third-order valence-electron chi connectivity index (χ3n) is 6.34. The second-order valence-corrected chi connectivity index (χ2v) is 8.33. The fourth-order valence-corrected chi connectivity index (χ4v) is 4.64. The van der Waals surface area contributed by atoms with Gasteiger partial charge in [0.1, 0.15) is 0 Å². The molecule has 1 aromatic carbocycles. The Morgan fingerprint density at radius 1 is 0.966 bits per heavy atom. The van der Waals surface area contributed by atoms with Gasteiger partial charge in [-0.2, -0.15) is 0 Å². The Morgan fingerprint density at radius 3 is 2.59 bits per heavy atom. The van der Waals surface area contributed by atoms with E-state index in [9.17, 15) is 0 Å². The molecule has 1 saturated heterocycles. The molecule has 164 valence electrons. The Hall–Kier alpha value is -1.30. The molecule has 3 atom stereocenters. The summed E-state index contributed by atoms with van der Waals surface area (Å²) in [5.74, 6) is 1.56. The van der Waals surface area contributed by atoms with Crippen LogP contribution in [-0.2, 0) is 15.9 Å². The number of hydrogen-bond acceptors (Lipinski definition) is 5. The van der Waals surface area contributed by atoms with Gasteiger partial charge in [0.15, 0.2) is 11.5 Å². The normalized spacial score (nSPS) is 25.3. The number of likely N-dealkylation sites (tertiary alicyclic amines) is 1. The van der Waals surface area contributed by atoms with Crippen molar-refractivity contribution in [2.45, 2.75) is 76.5 Å². The van der Waals surface area contributed by atoms with Crippen LogP contribution in [0.1, 0.15) is 57.4 Å². The number of ether oxygens (including phenoxy) is 4. The van der Waals surface area contributed by atoms with Gasteiger partial charge >= 0.3 is 0 Å². The number of rotatable bonds is 11. The largest absolute Gasteiger partial charge is 0.493 e. The van der Waals surface area contributed by atoms with E-state index >= 15 is 0 Å². The van der Waals surface area contributed by atoms with Crippen LogP contribution in [0.15, 0.2) is 18.2 Å². The van der Waals surface area contributed by atoms with Crippen molar-refractivity contribution >= 4 is 0 Å². The maximum atomic E-state index is 6.42. The molecule has 2 fully saturated rings. The molecule has 0 amide bonds. The van der Waals surface area contributed by atoms with E-state index in [2.05, 4.69) is 24.0 Å². The van der Waals surface area contributed by atoms with Gasteiger partial charge in [-0.15, -0.1) is 0 Å². The summed E-state index contributed by atoms with van der Waals surface area (Å²) in [6.07, 6.45) is 10.2. The van der Waals surface area contributed by atoms with E-state index in [1.54, 1.807) is 14.2 Å². The van der Waals surface area contributed by atoms with Crippen LogP contribution in [0.4, 0.5) is 0 Å². The number of unbranched alkanes of at least 4 members (excludes halogenated alkanes) is 1. The fourth-order valence-electron chi connectivity index (χ4n) is 4.64. The average Bonchev–Trinajstić information content (AvgIpc) is 3.23. The smallest absolute Gasteiger partial charge is 0.160 e. The molecule has 5 heteroatoms. The lowest BCUT2D eigenvalue weighted by Crippen LogP contribution is -2.46. The van der Waals surface area contributed by atoms with Gasteiger partial charge in [0.25, 0.3) is 0 Å². The standard InChI is InChI=1S/C24H39NO4/c1-4-5-15-28-20-12-14-25(18-20)21-8-6-7-9-22(21)29-16-13-19-10-11-23(26-2)24(17-19)27-3/h10-11,17,20-22H,4-9,12-16,18H2,1-3H3/t20-,21?,22+/m1/s1. The van der Waals surface area contributed by atoms with Crippen molar-refractivity contribution in [2.75, 3.05) is 40.5 Å². The van der Waals surface area contributed by atoms with Gasteiger partial charge in [-0.05, 0) is 49.8 Å². The third kappa shape index (κ3) is 6.34. The molecule has 0 bridgehead atoms. The highest BCUT2D eigenvalue weighted by Gasteiger charge is 2.35. The molecule has 0 N–H and O–H groups in total. The summed E-state index contributed by atoms with van der Waals surface area (Å²) < 4.78 is 23.2. The van der Waals surface area contributed by atoms with E-state index in [1.165, 1.54) is 50.5 Å². The summed E-state index contributed by atoms with van der Waals surface area (Å²) in [6.45, 7) is 6.10. The highest BCUT2D eigenvalue weighted by atomic mass is 16.5. The first-order chi connectivity index (χ1) is 14.2. The van der Waals surface area contributed by atoms with Gasteiger partial charge in [0.05, 0.1) is 33.0 Å². The summed E-state index contributed by atoms with van der Waals surface area (Å²) in [6, 6.07) is 6.68. The topological polar surface area (TPSA) is 40.2 Å². The van der Waals surface area contributed by atoms with Crippen LogP contribution in [-0.4, -0.2) is 63.7 Å². The van der Waals surface area contributed by atoms with Crippen LogP contribution < -0.4 is 9.47 Å². The molecular formula is C24H39NO4. The summed E-state index contributed by atoms with van der Waals surface area (Å²) in [5, 5.41) is 0. The van der Waals surface area contributed by atoms with Gasteiger partial charge in [-0.3, -0.25) is 4.90 Å². The third-order valence-corrected chi connectivity index (χ3v) is 6.34. The first-order valence-electron chi connectivity index (χ1n) is 11.4. The summed E-state index contributed by atoms with van der Waals surface area (Å²) >= 11 is 0. The van der Waals surface area contributed by atoms with E-state index in [-0.39, 0.29) is 0 Å². The predicted octanol–water partition coefficient (Wildman–Crippen LogP) is 4.47. The first kappa shape index (κ1) is 22.4. The zero-order valence-electron chi connectivity index (χ0n) is 18.5. The van der Waals surface area contributed by atoms with Crippen LogP contribution in [0.3, 0.4) is 0 Å². The van der Waals surface area contributed by atoms with Crippen molar-refractivity contribution < 1.29 is 18.9 Å². The molecule has 1 aliphatic carbocycles. The van der Waals surface area contributed by atoms with E-state index in [4.69, 9.17) is 18.9 Å². The molecule has 0 radical (unpaired) electrons. The number of hydrogen-bond donors (Lipinski definition) is 0. The zero-order valence-corrected chi connectivity index (χ0v) is 18.5. The molecule has 3 rings (SSSR count). The lowest BCUT2D eigenvalue weighted by Gasteiger charge is -2.37. The van der Waals surface area contributed by atoms with Crippen LogP contribution in [0.2, 0.25) is 0 Å². The van der Waals surface area contributed by atoms with Crippen LogP contribution in [0, 0.1) is 0 Å². The lowest BCUT2D eigenvalue weighted by molar-refractivity contribution is -0.0345. The minimum absolute atomic E-state index is 0.346. The van der Waals surface area contributed by atoms with Gasteiger partial charge in [-0.25, -0.2) is 0 Å². The second kappa shape index (κ2) is 11.8. The number of nitrogens with zero attached hydrogens (tertiary/aromatic N) is 1. The van der Waals surface area contributed by atoms with Gasteiger partial charge in [0.2, 0.25) is 0 Å². The zero-order chi connectivity index (χ0) is 20.5. The quantitative estimate of drug-likeness (QED) is 0.508. The molecular weight excluding hydrogens is 366 g/mol.